The van der Waals surface area contributed by atoms with Crippen molar-refractivity contribution in [3.8, 4) is 22.7 Å². The summed E-state index contributed by atoms with van der Waals surface area (Å²) in [6.07, 6.45) is 1.00. The van der Waals surface area contributed by atoms with Gasteiger partial charge in [0.1, 0.15) is 11.6 Å². The van der Waals surface area contributed by atoms with Crippen LogP contribution in [-0.4, -0.2) is 23.4 Å². The smallest absolute Gasteiger partial charge is 0.133 e. The molecule has 0 radical (unpaired) electrons. The molecular formula is C20H21N3O. The van der Waals surface area contributed by atoms with Crippen LogP contribution in [-0.2, 0) is 6.42 Å². The highest BCUT2D eigenvalue weighted by Gasteiger charge is 2.24. The highest BCUT2D eigenvalue weighted by molar-refractivity contribution is 5.73. The minimum atomic E-state index is 0.863. The zero-order valence-electron chi connectivity index (χ0n) is 14.3. The van der Waals surface area contributed by atoms with Crippen LogP contribution in [0.4, 0.5) is 5.82 Å². The summed E-state index contributed by atoms with van der Waals surface area (Å²) < 4.78 is 7.32. The molecule has 2 aromatic carbocycles. The van der Waals surface area contributed by atoms with Crippen molar-refractivity contribution in [2.75, 3.05) is 19.0 Å². The Hall–Kier alpha value is -2.75. The van der Waals surface area contributed by atoms with E-state index < -0.39 is 0 Å². The van der Waals surface area contributed by atoms with Gasteiger partial charge in [0.05, 0.1) is 18.5 Å². The molecule has 0 atom stereocenters. The number of ether oxygens (including phenoxy) is 1. The van der Waals surface area contributed by atoms with Gasteiger partial charge in [-0.3, -0.25) is 0 Å². The van der Waals surface area contributed by atoms with E-state index in [1.165, 1.54) is 16.7 Å². The van der Waals surface area contributed by atoms with Crippen molar-refractivity contribution in [1.82, 2.24) is 9.78 Å². The number of rotatable bonds is 3. The largest absolute Gasteiger partial charge is 0.497 e. The third-order valence-corrected chi connectivity index (χ3v) is 4.61. The topological polar surface area (TPSA) is 39.1 Å². The first kappa shape index (κ1) is 14.8. The van der Waals surface area contributed by atoms with E-state index >= 15 is 0 Å². The van der Waals surface area contributed by atoms with Gasteiger partial charge in [0.15, 0.2) is 0 Å². The van der Waals surface area contributed by atoms with E-state index in [-0.39, 0.29) is 0 Å². The molecule has 0 saturated carbocycles. The Labute approximate surface area is 142 Å². The number of aromatic nitrogens is 2. The van der Waals surface area contributed by atoms with Crippen molar-refractivity contribution in [2.24, 2.45) is 0 Å². The van der Waals surface area contributed by atoms with Gasteiger partial charge in [-0.2, -0.15) is 5.10 Å². The van der Waals surface area contributed by atoms with Gasteiger partial charge in [-0.05, 0) is 61.7 Å². The lowest BCUT2D eigenvalue weighted by atomic mass is 10.1. The van der Waals surface area contributed by atoms with Gasteiger partial charge in [0.2, 0.25) is 0 Å². The lowest BCUT2D eigenvalue weighted by Crippen LogP contribution is -2.06. The maximum absolute atomic E-state index is 5.26. The van der Waals surface area contributed by atoms with Gasteiger partial charge in [-0.25, -0.2) is 4.68 Å². The highest BCUT2D eigenvalue weighted by atomic mass is 16.5. The Bertz CT molecular complexity index is 894. The number of methoxy groups -OCH3 is 1. The fraction of sp³-hybridized carbons (Fsp3) is 0.250. The molecule has 0 saturated heterocycles. The Kier molecular flexibility index (Phi) is 3.53. The Morgan fingerprint density at radius 3 is 2.62 bits per heavy atom. The number of aryl methyl sites for hydroxylation is 2. The fourth-order valence-electron chi connectivity index (χ4n) is 3.28. The third kappa shape index (κ3) is 2.35. The van der Waals surface area contributed by atoms with Gasteiger partial charge < -0.3 is 10.1 Å². The summed E-state index contributed by atoms with van der Waals surface area (Å²) in [6.45, 7) is 5.20. The van der Waals surface area contributed by atoms with Crippen LogP contribution >= 0.6 is 0 Å². The van der Waals surface area contributed by atoms with Crippen LogP contribution in [0.2, 0.25) is 0 Å². The maximum Gasteiger partial charge on any atom is 0.133 e. The molecule has 3 aromatic rings. The number of nitrogens with one attached hydrogen (secondary N) is 1. The van der Waals surface area contributed by atoms with Crippen LogP contribution < -0.4 is 10.1 Å². The first-order chi connectivity index (χ1) is 11.7. The van der Waals surface area contributed by atoms with Crippen LogP contribution in [0.1, 0.15) is 16.7 Å². The van der Waals surface area contributed by atoms with Gasteiger partial charge in [-0.1, -0.05) is 12.1 Å². The fourth-order valence-corrected chi connectivity index (χ4v) is 3.28. The molecule has 4 rings (SSSR count). The maximum atomic E-state index is 5.26. The summed E-state index contributed by atoms with van der Waals surface area (Å²) in [5, 5.41) is 8.45. The number of anilines is 1. The molecule has 4 nitrogen and oxygen atoms in total. The average Bonchev–Trinajstić information content (AvgIpc) is 3.20. The molecule has 0 fully saturated rings. The van der Waals surface area contributed by atoms with E-state index in [9.17, 15) is 0 Å². The quantitative estimate of drug-likeness (QED) is 0.789. The molecule has 0 amide bonds. The Morgan fingerprint density at radius 1 is 1.08 bits per heavy atom. The number of hydrogen-bond acceptors (Lipinski definition) is 3. The first-order valence-electron chi connectivity index (χ1n) is 8.25. The molecule has 2 heterocycles. The summed E-state index contributed by atoms with van der Waals surface area (Å²) in [5.41, 5.74) is 7.07. The number of benzene rings is 2. The number of fused-ring (bicyclic) bond motifs is 1. The van der Waals surface area contributed by atoms with Gasteiger partial charge >= 0.3 is 0 Å². The van der Waals surface area contributed by atoms with Crippen LogP contribution in [0.3, 0.4) is 0 Å². The SMILES string of the molecule is COc1ccc(-c2nn(-c3cc(C)ccc3C)c3c2CCN3)cc1. The predicted octanol–water partition coefficient (Wildman–Crippen LogP) is 4.13. The second-order valence-electron chi connectivity index (χ2n) is 6.28. The lowest BCUT2D eigenvalue weighted by molar-refractivity contribution is 0.415. The summed E-state index contributed by atoms with van der Waals surface area (Å²) in [4.78, 5) is 0. The van der Waals surface area contributed by atoms with Crippen LogP contribution in [0.25, 0.3) is 16.9 Å². The molecule has 122 valence electrons. The third-order valence-electron chi connectivity index (χ3n) is 4.61. The monoisotopic (exact) mass is 319 g/mol. The summed E-state index contributed by atoms with van der Waals surface area (Å²) >= 11 is 0. The molecular weight excluding hydrogens is 298 g/mol. The summed E-state index contributed by atoms with van der Waals surface area (Å²) in [5.74, 6) is 1.98. The van der Waals surface area contributed by atoms with E-state index in [0.29, 0.717) is 0 Å². The second kappa shape index (κ2) is 5.71. The molecule has 1 aromatic heterocycles. The molecule has 0 unspecified atom stereocenters. The van der Waals surface area contributed by atoms with Gasteiger partial charge in [-0.15, -0.1) is 0 Å². The molecule has 1 N–H and O–H groups in total. The van der Waals surface area contributed by atoms with E-state index in [1.807, 2.05) is 12.1 Å². The molecule has 0 aliphatic carbocycles. The standard InChI is InChI=1S/C20H21N3O/c1-13-4-5-14(2)18(12-13)23-20-17(10-11-21-20)19(22-23)15-6-8-16(24-3)9-7-15/h4-9,12,21H,10-11H2,1-3H3. The average molecular weight is 319 g/mol. The lowest BCUT2D eigenvalue weighted by Gasteiger charge is -2.10. The van der Waals surface area contributed by atoms with Crippen molar-refractivity contribution in [1.29, 1.82) is 0 Å². The minimum absolute atomic E-state index is 0.863. The van der Waals surface area contributed by atoms with Crippen LogP contribution in [0.5, 0.6) is 5.75 Å². The normalized spacial score (nSPS) is 12.8. The van der Waals surface area contributed by atoms with Crippen LogP contribution in [0, 0.1) is 13.8 Å². The van der Waals surface area contributed by atoms with Crippen molar-refractivity contribution in [3.63, 3.8) is 0 Å². The Morgan fingerprint density at radius 2 is 1.88 bits per heavy atom. The summed E-state index contributed by atoms with van der Waals surface area (Å²) in [7, 11) is 1.69. The van der Waals surface area contributed by atoms with Crippen molar-refractivity contribution in [3.05, 3.63) is 59.2 Å². The van der Waals surface area contributed by atoms with E-state index in [2.05, 4.69) is 54.2 Å². The number of hydrogen-bond donors (Lipinski definition) is 1. The minimum Gasteiger partial charge on any atom is -0.497 e. The molecule has 4 heteroatoms. The van der Waals surface area contributed by atoms with Crippen molar-refractivity contribution >= 4 is 5.82 Å². The molecule has 0 bridgehead atoms. The van der Waals surface area contributed by atoms with Gasteiger partial charge in [0.25, 0.3) is 0 Å². The van der Waals surface area contributed by atoms with E-state index in [4.69, 9.17) is 9.84 Å². The van der Waals surface area contributed by atoms with E-state index in [0.717, 1.165) is 41.5 Å². The van der Waals surface area contributed by atoms with E-state index in [1.54, 1.807) is 7.11 Å². The summed E-state index contributed by atoms with van der Waals surface area (Å²) in [6, 6.07) is 14.6. The van der Waals surface area contributed by atoms with Crippen molar-refractivity contribution in [2.45, 2.75) is 20.3 Å². The predicted molar refractivity (Wildman–Crippen MR) is 97.2 cm³/mol. The molecule has 24 heavy (non-hydrogen) atoms. The highest BCUT2D eigenvalue weighted by Crippen LogP contribution is 2.35. The Balaban J connectivity index is 1.87. The van der Waals surface area contributed by atoms with Crippen molar-refractivity contribution < 1.29 is 4.74 Å². The van der Waals surface area contributed by atoms with Crippen LogP contribution in [0.15, 0.2) is 42.5 Å². The first-order valence-corrected chi connectivity index (χ1v) is 8.25. The zero-order chi connectivity index (χ0) is 16.7. The second-order valence-corrected chi connectivity index (χ2v) is 6.28. The van der Waals surface area contributed by atoms with Gasteiger partial charge in [0, 0.05) is 17.7 Å². The molecule has 1 aliphatic rings. The molecule has 1 aliphatic heterocycles. The number of nitrogens with zero attached hydrogens (tertiary/aromatic N) is 2. The molecule has 0 spiro atoms. The zero-order valence-corrected chi connectivity index (χ0v) is 14.3.